The Morgan fingerprint density at radius 2 is 0.671 bits per heavy atom. The summed E-state index contributed by atoms with van der Waals surface area (Å²) in [5.41, 5.74) is 14.7. The van der Waals surface area contributed by atoms with Gasteiger partial charge in [-0.1, -0.05) is 186 Å². The molecule has 6 nitrogen and oxygen atoms in total. The molecule has 0 fully saturated rings. The Kier molecular flexibility index (Phi) is 10.1. The smallest absolute Gasteiger partial charge is 0.238 e. The summed E-state index contributed by atoms with van der Waals surface area (Å²) in [7, 11) is 0. The molecule has 13 aromatic rings. The normalized spacial score (nSPS) is 13.7. The number of hydrogen-bond acceptors (Lipinski definition) is 3. The zero-order valence-electron chi connectivity index (χ0n) is 52.3. The molecule has 0 spiro atoms. The first-order valence-electron chi connectivity index (χ1n) is 30.0. The second-order valence-electron chi connectivity index (χ2n) is 25.5. The van der Waals surface area contributed by atoms with Gasteiger partial charge in [0.05, 0.1) is 51.3 Å². The van der Waals surface area contributed by atoms with Crippen LogP contribution in [0, 0.1) is 0 Å². The summed E-state index contributed by atoms with van der Waals surface area (Å²) in [4.78, 5) is 16.8. The van der Waals surface area contributed by atoms with Crippen LogP contribution in [0.25, 0.3) is 117 Å². The van der Waals surface area contributed by atoms with Crippen LogP contribution in [0.2, 0.25) is 0 Å². The third-order valence-corrected chi connectivity index (χ3v) is 16.1. The molecule has 0 saturated heterocycles. The number of fused-ring (bicyclic) bond motifs is 9. The summed E-state index contributed by atoms with van der Waals surface area (Å²) < 4.78 is 50.1. The van der Waals surface area contributed by atoms with Crippen LogP contribution in [0.3, 0.4) is 0 Å². The molecule has 0 bridgehead atoms. The Balaban J connectivity index is 1.11. The van der Waals surface area contributed by atoms with Gasteiger partial charge < -0.3 is 9.13 Å². The highest BCUT2D eigenvalue weighted by atomic mass is 15.2. The zero-order chi connectivity index (χ0) is 59.3. The third-order valence-electron chi connectivity index (χ3n) is 16.1. The molecule has 9 aromatic carbocycles. The number of rotatable bonds is 6. The fourth-order valence-electron chi connectivity index (χ4n) is 11.6. The number of nitrogens with zero attached hydrogens (tertiary/aromatic N) is 6. The van der Waals surface area contributed by atoms with E-state index in [1.54, 1.807) is 0 Å². The largest absolute Gasteiger partial charge is 0.309 e. The topological polar surface area (TPSA) is 53.5 Å². The molecule has 13 rings (SSSR count). The van der Waals surface area contributed by atoms with Crippen molar-refractivity contribution in [3.63, 3.8) is 0 Å². The second-order valence-corrected chi connectivity index (χ2v) is 25.5. The Bertz CT molecular complexity index is 4510. The van der Waals surface area contributed by atoms with Crippen molar-refractivity contribution in [2.75, 3.05) is 0 Å². The summed E-state index contributed by atoms with van der Waals surface area (Å²) in [6.07, 6.45) is 0. The van der Waals surface area contributed by atoms with Crippen LogP contribution in [-0.2, 0) is 21.7 Å². The summed E-state index contributed by atoms with van der Waals surface area (Å²) in [5.74, 6) is 1.34. The third kappa shape index (κ3) is 8.43. The molecule has 0 aliphatic heterocycles. The van der Waals surface area contributed by atoms with Crippen molar-refractivity contribution in [2.24, 2.45) is 0 Å². The van der Waals surface area contributed by atoms with E-state index in [9.17, 15) is 0 Å². The quantitative estimate of drug-likeness (QED) is 0.167. The van der Waals surface area contributed by atoms with E-state index in [1.807, 2.05) is 36.4 Å². The highest BCUT2D eigenvalue weighted by molar-refractivity contribution is 6.13. The van der Waals surface area contributed by atoms with Gasteiger partial charge in [0.2, 0.25) is 5.95 Å². The maximum atomic E-state index is 8.94. The average molecular weight is 1030 g/mol. The van der Waals surface area contributed by atoms with Gasteiger partial charge in [-0.05, 0) is 146 Å². The van der Waals surface area contributed by atoms with E-state index in [2.05, 4.69) is 224 Å². The van der Waals surface area contributed by atoms with Gasteiger partial charge in [-0.15, -0.1) is 0 Å². The van der Waals surface area contributed by atoms with Crippen molar-refractivity contribution >= 4 is 65.4 Å². The molecule has 4 heterocycles. The average Bonchev–Trinajstić information content (AvgIpc) is 1.69. The molecule has 0 atom stereocenters. The molecular formula is C73H68N6. The predicted molar refractivity (Wildman–Crippen MR) is 334 cm³/mol. The van der Waals surface area contributed by atoms with Crippen molar-refractivity contribution in [1.29, 1.82) is 0 Å². The number of aromatic nitrogens is 6. The number of hydrogen-bond donors (Lipinski definition) is 0. The first-order valence-corrected chi connectivity index (χ1v) is 27.5. The Morgan fingerprint density at radius 1 is 0.316 bits per heavy atom. The van der Waals surface area contributed by atoms with Gasteiger partial charge in [0.1, 0.15) is 0 Å². The Labute approximate surface area is 471 Å². The maximum absolute atomic E-state index is 8.94. The van der Waals surface area contributed by atoms with E-state index in [1.165, 1.54) is 43.8 Å². The van der Waals surface area contributed by atoms with Gasteiger partial charge in [0.15, 0.2) is 11.6 Å². The molecule has 390 valence electrons. The summed E-state index contributed by atoms with van der Waals surface area (Å²) in [5, 5.41) is 6.39. The molecular weight excluding hydrogens is 961 g/mol. The lowest BCUT2D eigenvalue weighted by Crippen LogP contribution is -2.10. The zero-order valence-corrected chi connectivity index (χ0v) is 47.3. The molecule has 4 aromatic heterocycles. The van der Waals surface area contributed by atoms with E-state index in [4.69, 9.17) is 21.8 Å². The highest BCUT2D eigenvalue weighted by Gasteiger charge is 2.27. The summed E-state index contributed by atoms with van der Waals surface area (Å²) in [6.45, 7) is 27.2. The first-order chi connectivity index (χ1) is 39.8. The minimum absolute atomic E-state index is 0.0750. The molecule has 0 aliphatic rings. The SMILES string of the molecule is [2H]c1c([2H])c([2H])c(-c2ccc3c(c2)c2ccccc2n3-c2nc(-c3ccccc3-n3c4ccc(C(C)(C)C)cc4c4cc(C(C)(C)C)ccc43)nc(-c3ccccc3-n3c4ccc(C(C)(C)C)cc4c4cc(C(C)(C)C)ccc43)n2)c([2H])c1[2H]. The lowest BCUT2D eigenvalue weighted by atomic mass is 9.85. The summed E-state index contributed by atoms with van der Waals surface area (Å²) in [6, 6.07) is 56.5. The molecule has 0 unspecified atom stereocenters. The Hall–Kier alpha value is -8.61. The van der Waals surface area contributed by atoms with Crippen LogP contribution in [-0.4, -0.2) is 28.7 Å². The van der Waals surface area contributed by atoms with Crippen molar-refractivity contribution in [2.45, 2.75) is 105 Å². The van der Waals surface area contributed by atoms with E-state index in [-0.39, 0.29) is 51.4 Å². The van der Waals surface area contributed by atoms with Crippen LogP contribution in [0.4, 0.5) is 0 Å². The minimum Gasteiger partial charge on any atom is -0.309 e. The van der Waals surface area contributed by atoms with Gasteiger partial charge in [0, 0.05) is 43.4 Å². The molecule has 0 amide bonds. The van der Waals surface area contributed by atoms with Gasteiger partial charge in [-0.3, -0.25) is 4.57 Å². The van der Waals surface area contributed by atoms with Gasteiger partial charge in [-0.25, -0.2) is 4.98 Å². The number of benzene rings is 9. The van der Waals surface area contributed by atoms with Crippen LogP contribution >= 0.6 is 0 Å². The van der Waals surface area contributed by atoms with Crippen LogP contribution in [0.1, 0.15) is 112 Å². The fraction of sp³-hybridized carbons (Fsp3) is 0.219. The molecule has 79 heavy (non-hydrogen) atoms. The second kappa shape index (κ2) is 18.0. The van der Waals surface area contributed by atoms with Crippen molar-refractivity contribution in [3.05, 3.63) is 216 Å². The van der Waals surface area contributed by atoms with E-state index >= 15 is 0 Å². The first kappa shape index (κ1) is 44.4. The van der Waals surface area contributed by atoms with Crippen LogP contribution in [0.15, 0.2) is 194 Å². The van der Waals surface area contributed by atoms with Crippen molar-refractivity contribution in [3.8, 4) is 51.2 Å². The molecule has 0 aliphatic carbocycles. The lowest BCUT2D eigenvalue weighted by molar-refractivity contribution is 0.590. The van der Waals surface area contributed by atoms with E-state index in [0.29, 0.717) is 23.2 Å². The number of para-hydroxylation sites is 3. The van der Waals surface area contributed by atoms with E-state index in [0.717, 1.165) is 66.4 Å². The molecule has 0 saturated carbocycles. The fourth-order valence-corrected chi connectivity index (χ4v) is 11.6. The van der Waals surface area contributed by atoms with Crippen LogP contribution < -0.4 is 0 Å². The standard InChI is InChI=1S/C73H68N6/c1-70(2,3)47-31-36-62-55(41-47)56-42-48(71(4,5)6)32-37-63(56)77(62)60-28-20-17-25-52(60)67-74-68(76-69(75-67)79-59-27-19-16-24-51(59)54-40-46(30-35-66(54)79)45-22-14-13-15-23-45)53-26-18-21-29-61(53)78-64-38-33-49(72(7,8)9)43-57(64)58-44-50(73(10,11)12)34-39-65(58)78/h13-44H,1-12H3/i13D,14D,15D,22D,23D. The van der Waals surface area contributed by atoms with Crippen LogP contribution in [0.5, 0.6) is 0 Å². The van der Waals surface area contributed by atoms with Gasteiger partial charge in [-0.2, -0.15) is 9.97 Å². The van der Waals surface area contributed by atoms with Gasteiger partial charge >= 0.3 is 0 Å². The molecule has 6 heteroatoms. The molecule has 0 N–H and O–H groups in total. The maximum Gasteiger partial charge on any atom is 0.238 e. The van der Waals surface area contributed by atoms with E-state index < -0.39 is 6.04 Å². The Morgan fingerprint density at radius 3 is 1.10 bits per heavy atom. The monoisotopic (exact) mass is 1030 g/mol. The van der Waals surface area contributed by atoms with Crippen molar-refractivity contribution in [1.82, 2.24) is 28.7 Å². The highest BCUT2D eigenvalue weighted by Crippen LogP contribution is 2.43. The predicted octanol–water partition coefficient (Wildman–Crippen LogP) is 19.4. The minimum atomic E-state index is -0.430. The van der Waals surface area contributed by atoms with Crippen molar-refractivity contribution < 1.29 is 6.85 Å². The van der Waals surface area contributed by atoms with Gasteiger partial charge in [0.25, 0.3) is 0 Å². The summed E-state index contributed by atoms with van der Waals surface area (Å²) >= 11 is 0. The molecule has 0 radical (unpaired) electrons. The lowest BCUT2D eigenvalue weighted by Gasteiger charge is -2.20.